The molecule has 3 aromatic rings. The number of carbonyl (C=O) groups is 1. The fourth-order valence-corrected chi connectivity index (χ4v) is 3.59. The summed E-state index contributed by atoms with van der Waals surface area (Å²) in [6, 6.07) is 7.29. The molecule has 0 saturated carbocycles. The summed E-state index contributed by atoms with van der Waals surface area (Å²) in [5.41, 5.74) is 0.277. The molecule has 0 unspecified atom stereocenters. The molecule has 2 heterocycles. The molecule has 0 aliphatic rings. The zero-order valence-corrected chi connectivity index (χ0v) is 16.0. The highest BCUT2D eigenvalue weighted by Crippen LogP contribution is 2.28. The Morgan fingerprint density at radius 3 is 2.69 bits per heavy atom. The number of rotatable bonds is 5. The van der Waals surface area contributed by atoms with Crippen molar-refractivity contribution >= 4 is 40.3 Å². The first kappa shape index (κ1) is 18.5. The zero-order valence-electron chi connectivity index (χ0n) is 14.4. The highest BCUT2D eigenvalue weighted by Gasteiger charge is 2.21. The molecule has 0 aliphatic carbocycles. The Balaban J connectivity index is 2.25. The van der Waals surface area contributed by atoms with Crippen LogP contribution in [0.15, 0.2) is 39.0 Å². The number of aromatic amines is 1. The third kappa shape index (κ3) is 3.34. The molecular weight excluding hydrogens is 376 g/mol. The summed E-state index contributed by atoms with van der Waals surface area (Å²) >= 11 is 7.50. The first-order chi connectivity index (χ1) is 12.3. The van der Waals surface area contributed by atoms with E-state index in [4.69, 9.17) is 11.6 Å². The first-order valence-electron chi connectivity index (χ1n) is 7.89. The van der Waals surface area contributed by atoms with Crippen molar-refractivity contribution < 1.29 is 4.79 Å². The van der Waals surface area contributed by atoms with Gasteiger partial charge in [0.2, 0.25) is 0 Å². The van der Waals surface area contributed by atoms with E-state index >= 15 is 0 Å². The number of imidazole rings is 1. The second-order valence-corrected chi connectivity index (χ2v) is 7.65. The summed E-state index contributed by atoms with van der Waals surface area (Å²) in [5, 5.41) is 0.702. The number of halogens is 1. The number of ketones is 1. The average molecular weight is 393 g/mol. The molecular formula is C17H17ClN4O3S. The van der Waals surface area contributed by atoms with Crippen LogP contribution in [0.2, 0.25) is 5.02 Å². The van der Waals surface area contributed by atoms with Crippen LogP contribution in [0.25, 0.3) is 11.2 Å². The average Bonchev–Trinajstić information content (AvgIpc) is 2.93. The van der Waals surface area contributed by atoms with Crippen LogP contribution in [0.4, 0.5) is 0 Å². The van der Waals surface area contributed by atoms with E-state index in [1.54, 1.807) is 17.6 Å². The van der Waals surface area contributed by atoms with E-state index < -0.39 is 11.2 Å². The van der Waals surface area contributed by atoms with Gasteiger partial charge in [0.15, 0.2) is 16.3 Å². The molecule has 0 amide bonds. The normalized spacial score (nSPS) is 12.5. The van der Waals surface area contributed by atoms with E-state index in [1.807, 2.05) is 18.2 Å². The van der Waals surface area contributed by atoms with Gasteiger partial charge >= 0.3 is 5.69 Å². The maximum absolute atomic E-state index is 12.4. The summed E-state index contributed by atoms with van der Waals surface area (Å²) in [5.74, 6) is -0.00542. The standard InChI is InChI=1S/C17H17ClN4O3S/c1-9(23)10(2)26-17-19-14-13(15(24)20-16(25)21(14)3)22(17)8-11-6-4-5-7-12(11)18/h4-7,10H,8H2,1-3H3,(H,20,24,25)/t10-/m0/s1. The fourth-order valence-electron chi connectivity index (χ4n) is 2.49. The zero-order chi connectivity index (χ0) is 19.0. The largest absolute Gasteiger partial charge is 0.329 e. The van der Waals surface area contributed by atoms with Gasteiger partial charge in [-0.1, -0.05) is 41.6 Å². The number of hydrogen-bond acceptors (Lipinski definition) is 5. The van der Waals surface area contributed by atoms with Crippen molar-refractivity contribution in [3.8, 4) is 0 Å². The van der Waals surface area contributed by atoms with Crippen LogP contribution in [-0.2, 0) is 18.4 Å². The van der Waals surface area contributed by atoms with Gasteiger partial charge in [-0.3, -0.25) is 19.1 Å². The number of fused-ring (bicyclic) bond motifs is 1. The Morgan fingerprint density at radius 2 is 2.04 bits per heavy atom. The second kappa shape index (κ2) is 7.13. The second-order valence-electron chi connectivity index (χ2n) is 5.93. The minimum atomic E-state index is -0.541. The number of nitrogens with one attached hydrogen (secondary N) is 1. The van der Waals surface area contributed by atoms with Crippen molar-refractivity contribution in [2.75, 3.05) is 0 Å². The monoisotopic (exact) mass is 392 g/mol. The molecule has 1 atom stereocenters. The van der Waals surface area contributed by atoms with Gasteiger partial charge in [-0.15, -0.1) is 0 Å². The Labute approximate surface area is 158 Å². The van der Waals surface area contributed by atoms with Gasteiger partial charge in [0, 0.05) is 12.1 Å². The Kier molecular flexibility index (Phi) is 5.06. The van der Waals surface area contributed by atoms with E-state index in [0.717, 1.165) is 5.56 Å². The SMILES string of the molecule is CC(=O)[C@H](C)Sc1nc2c(c(=O)[nH]c(=O)n2C)n1Cc1ccccc1Cl. The van der Waals surface area contributed by atoms with Crippen LogP contribution >= 0.6 is 23.4 Å². The molecule has 0 saturated heterocycles. The molecule has 1 aromatic carbocycles. The lowest BCUT2D eigenvalue weighted by molar-refractivity contribution is -0.116. The Hall–Kier alpha value is -2.32. The summed E-state index contributed by atoms with van der Waals surface area (Å²) in [4.78, 5) is 42.8. The van der Waals surface area contributed by atoms with E-state index in [0.29, 0.717) is 16.7 Å². The Morgan fingerprint density at radius 1 is 1.35 bits per heavy atom. The smallest absolute Gasteiger partial charge is 0.309 e. The quantitative estimate of drug-likeness (QED) is 0.672. The molecule has 2 aromatic heterocycles. The van der Waals surface area contributed by atoms with Crippen LogP contribution in [0, 0.1) is 0 Å². The lowest BCUT2D eigenvalue weighted by atomic mass is 10.2. The van der Waals surface area contributed by atoms with Crippen LogP contribution in [-0.4, -0.2) is 30.1 Å². The number of aromatic nitrogens is 4. The minimum absolute atomic E-state index is 0.00542. The fraction of sp³-hybridized carbons (Fsp3) is 0.294. The molecule has 26 heavy (non-hydrogen) atoms. The van der Waals surface area contributed by atoms with Gasteiger partial charge in [0.05, 0.1) is 11.8 Å². The molecule has 0 spiro atoms. The number of Topliss-reactive ketones (excluding diaryl/α,β-unsaturated/α-hetero) is 1. The van der Waals surface area contributed by atoms with Crippen LogP contribution < -0.4 is 11.2 Å². The van der Waals surface area contributed by atoms with Gasteiger partial charge < -0.3 is 4.57 Å². The topological polar surface area (TPSA) is 89.8 Å². The molecule has 0 aliphatic heterocycles. The number of nitrogens with zero attached hydrogens (tertiary/aromatic N) is 3. The van der Waals surface area contributed by atoms with E-state index in [2.05, 4.69) is 9.97 Å². The summed E-state index contributed by atoms with van der Waals surface area (Å²) in [6.45, 7) is 3.57. The molecule has 0 bridgehead atoms. The first-order valence-corrected chi connectivity index (χ1v) is 9.15. The van der Waals surface area contributed by atoms with Gasteiger partial charge in [-0.05, 0) is 25.5 Å². The van der Waals surface area contributed by atoms with Crippen molar-refractivity contribution in [3.63, 3.8) is 0 Å². The molecule has 9 heteroatoms. The summed E-state index contributed by atoms with van der Waals surface area (Å²) in [6.07, 6.45) is 0. The van der Waals surface area contributed by atoms with E-state index in [1.165, 1.54) is 30.3 Å². The lowest BCUT2D eigenvalue weighted by Crippen LogP contribution is -2.29. The summed E-state index contributed by atoms with van der Waals surface area (Å²) in [7, 11) is 1.54. The molecule has 136 valence electrons. The maximum Gasteiger partial charge on any atom is 0.329 e. The van der Waals surface area contributed by atoms with Gasteiger partial charge in [-0.25, -0.2) is 9.78 Å². The van der Waals surface area contributed by atoms with Crippen molar-refractivity contribution in [2.45, 2.75) is 30.8 Å². The predicted octanol–water partition coefficient (Wildman–Crippen LogP) is 2.19. The summed E-state index contributed by atoms with van der Waals surface area (Å²) < 4.78 is 2.97. The number of H-pyrrole nitrogens is 1. The van der Waals surface area contributed by atoms with Crippen molar-refractivity contribution in [2.24, 2.45) is 7.05 Å². The number of hydrogen-bond donors (Lipinski definition) is 1. The highest BCUT2D eigenvalue weighted by molar-refractivity contribution is 8.00. The van der Waals surface area contributed by atoms with Gasteiger partial charge in [0.25, 0.3) is 5.56 Å². The maximum atomic E-state index is 12.4. The number of benzene rings is 1. The molecule has 7 nitrogen and oxygen atoms in total. The lowest BCUT2D eigenvalue weighted by Gasteiger charge is -2.12. The van der Waals surface area contributed by atoms with Crippen LogP contribution in [0.3, 0.4) is 0 Å². The van der Waals surface area contributed by atoms with Crippen molar-refractivity contribution in [1.29, 1.82) is 0 Å². The number of aryl methyl sites for hydroxylation is 1. The number of carbonyl (C=O) groups excluding carboxylic acids is 1. The molecule has 0 radical (unpaired) electrons. The van der Waals surface area contributed by atoms with Crippen molar-refractivity contribution in [3.05, 3.63) is 55.7 Å². The molecule has 3 rings (SSSR count). The van der Waals surface area contributed by atoms with Gasteiger partial charge in [0.1, 0.15) is 5.78 Å². The van der Waals surface area contributed by atoms with Gasteiger partial charge in [-0.2, -0.15) is 0 Å². The third-order valence-corrected chi connectivity index (χ3v) is 5.69. The molecule has 1 N–H and O–H groups in total. The number of thioether (sulfide) groups is 1. The van der Waals surface area contributed by atoms with E-state index in [9.17, 15) is 14.4 Å². The van der Waals surface area contributed by atoms with Crippen LogP contribution in [0.5, 0.6) is 0 Å². The third-order valence-electron chi connectivity index (χ3n) is 4.11. The van der Waals surface area contributed by atoms with Crippen molar-refractivity contribution in [1.82, 2.24) is 19.1 Å². The Bertz CT molecular complexity index is 1120. The highest BCUT2D eigenvalue weighted by atomic mass is 35.5. The predicted molar refractivity (Wildman–Crippen MR) is 102 cm³/mol. The van der Waals surface area contributed by atoms with E-state index in [-0.39, 0.29) is 22.2 Å². The minimum Gasteiger partial charge on any atom is -0.309 e. The molecule has 0 fully saturated rings. The van der Waals surface area contributed by atoms with Crippen LogP contribution in [0.1, 0.15) is 19.4 Å².